The van der Waals surface area contributed by atoms with E-state index in [4.69, 9.17) is 0 Å². The van der Waals surface area contributed by atoms with Gasteiger partial charge in [0, 0.05) is 38.8 Å². The van der Waals surface area contributed by atoms with Crippen molar-refractivity contribution in [1.82, 2.24) is 19.9 Å². The normalized spacial score (nSPS) is 12.0. The zero-order valence-electron chi connectivity index (χ0n) is 25.6. The van der Waals surface area contributed by atoms with Gasteiger partial charge in [-0.25, -0.2) is 48.9 Å². The number of fused-ring (bicyclic) bond motifs is 9. The van der Waals surface area contributed by atoms with Crippen molar-refractivity contribution in [2.75, 3.05) is 0 Å². The topological polar surface area (TPSA) is 80.5 Å². The minimum absolute atomic E-state index is 0.0105. The third-order valence-electron chi connectivity index (χ3n) is 8.63. The molecule has 5 heterocycles. The maximum atomic E-state index is 15.5. The highest BCUT2D eigenvalue weighted by Gasteiger charge is 2.31. The highest BCUT2D eigenvalue weighted by atomic mass is 19.2. The zero-order valence-corrected chi connectivity index (χ0v) is 25.6. The molecule has 0 spiro atoms. The van der Waals surface area contributed by atoms with E-state index in [9.17, 15) is 31.4 Å². The van der Waals surface area contributed by atoms with Gasteiger partial charge in [0.05, 0.1) is 33.5 Å². The first kappa shape index (κ1) is 32.7. The van der Waals surface area contributed by atoms with Gasteiger partial charge in [-0.1, -0.05) is 12.1 Å². The smallest absolute Gasteiger partial charge is 0.200 e. The Morgan fingerprint density at radius 2 is 0.750 bits per heavy atom. The first-order chi connectivity index (χ1) is 24.8. The molecule has 0 saturated heterocycles. The summed E-state index contributed by atoms with van der Waals surface area (Å²) in [7, 11) is 0. The molecule has 0 amide bonds. The van der Waals surface area contributed by atoms with Gasteiger partial charge in [-0.15, -0.1) is 0 Å². The number of hydrogen-bond acceptors (Lipinski definition) is 2. The van der Waals surface area contributed by atoms with Gasteiger partial charge in [-0.2, -0.15) is 0 Å². The maximum absolute atomic E-state index is 15.5. The van der Waals surface area contributed by atoms with Crippen LogP contribution in [0.25, 0.3) is 78.6 Å². The van der Waals surface area contributed by atoms with Crippen LogP contribution in [-0.4, -0.2) is 25.0 Å². The van der Waals surface area contributed by atoms with E-state index in [-0.39, 0.29) is 61.4 Å². The van der Waals surface area contributed by atoms with Gasteiger partial charge in [0.2, 0.25) is 11.6 Å². The van der Waals surface area contributed by atoms with E-state index in [1.807, 2.05) is 0 Å². The predicted molar refractivity (Wildman–Crippen MR) is 173 cm³/mol. The first-order valence-electron chi connectivity index (χ1n) is 15.0. The monoisotopic (exact) mass is 722 g/mol. The summed E-state index contributed by atoms with van der Waals surface area (Å²) < 4.78 is 148. The van der Waals surface area contributed by atoms with E-state index in [0.717, 1.165) is 0 Å². The van der Waals surface area contributed by atoms with Crippen LogP contribution in [0.3, 0.4) is 0 Å². The van der Waals surface area contributed by atoms with Crippen LogP contribution in [0.4, 0.5) is 43.9 Å². The third-order valence-corrected chi connectivity index (χ3v) is 8.63. The number of phenolic OH excluding ortho intramolecular Hbond substituents is 1. The van der Waals surface area contributed by atoms with Crippen LogP contribution in [-0.2, 0) is 0 Å². The van der Waals surface area contributed by atoms with Gasteiger partial charge in [0.15, 0.2) is 46.5 Å². The van der Waals surface area contributed by atoms with Gasteiger partial charge >= 0.3 is 0 Å². The molecule has 0 unspecified atom stereocenters. The van der Waals surface area contributed by atoms with Gasteiger partial charge in [0.1, 0.15) is 5.75 Å². The average Bonchev–Trinajstić information content (AvgIpc) is 3.97. The average molecular weight is 723 g/mol. The Balaban J connectivity index is 1.61. The van der Waals surface area contributed by atoms with Crippen molar-refractivity contribution >= 4 is 45.3 Å². The van der Waals surface area contributed by atoms with E-state index < -0.39 is 80.4 Å². The van der Waals surface area contributed by atoms with Crippen LogP contribution in [0.1, 0.15) is 11.4 Å². The molecule has 1 aliphatic rings. The fourth-order valence-corrected chi connectivity index (χ4v) is 6.29. The van der Waals surface area contributed by atoms with Crippen molar-refractivity contribution in [3.8, 4) is 39.1 Å². The molecular weight excluding hydrogens is 706 g/mol. The van der Waals surface area contributed by atoms with E-state index in [2.05, 4.69) is 19.9 Å². The number of H-pyrrole nitrogens is 3. The van der Waals surface area contributed by atoms with Crippen molar-refractivity contribution in [2.24, 2.45) is 0 Å². The number of benzene rings is 3. The summed E-state index contributed by atoms with van der Waals surface area (Å²) in [5.74, 6) is -22.3. The van der Waals surface area contributed by atoms with E-state index >= 15 is 17.6 Å². The summed E-state index contributed by atoms with van der Waals surface area (Å²) >= 11 is 0. The molecule has 52 heavy (non-hydrogen) atoms. The minimum Gasteiger partial charge on any atom is -0.508 e. The number of halogens is 10. The molecule has 3 aromatic carbocycles. The van der Waals surface area contributed by atoms with E-state index in [1.54, 1.807) is 0 Å². The number of phenols is 1. The number of aromatic hydroxyl groups is 1. The second-order valence-corrected chi connectivity index (χ2v) is 11.6. The summed E-state index contributed by atoms with van der Waals surface area (Å²) in [6, 6.07) is 13.5. The fourth-order valence-electron chi connectivity index (χ4n) is 6.29. The summed E-state index contributed by atoms with van der Waals surface area (Å²) in [4.78, 5) is 13.1. The summed E-state index contributed by atoms with van der Waals surface area (Å²) in [6.07, 6.45) is 2.60. The van der Waals surface area contributed by atoms with E-state index in [0.29, 0.717) is 0 Å². The molecule has 0 saturated carbocycles. The molecule has 5 nitrogen and oxygen atoms in total. The number of aromatic nitrogens is 4. The van der Waals surface area contributed by atoms with Crippen LogP contribution in [0.5, 0.6) is 5.75 Å². The quantitative estimate of drug-likeness (QED) is 0.0832. The lowest BCUT2D eigenvalue weighted by Crippen LogP contribution is -2.05. The molecule has 0 radical (unpaired) electrons. The van der Waals surface area contributed by atoms with Gasteiger partial charge in [-0.05, 0) is 66.2 Å². The highest BCUT2D eigenvalue weighted by molar-refractivity contribution is 6.00. The second kappa shape index (κ2) is 11.8. The zero-order chi connectivity index (χ0) is 36.7. The summed E-state index contributed by atoms with van der Waals surface area (Å²) in [5.41, 5.74) is -3.62. The Labute approximate surface area is 283 Å². The SMILES string of the molecule is Oc1cccc(-c2c3nc(c(-c4c(F)c(F)c(F)c(F)c4F)c4ccc([nH]4)c4ccc([nH]4)c(-c4c(F)c(F)c(F)c(F)c4F)c4ccc2[nH]4)C=C3)c1. The largest absolute Gasteiger partial charge is 0.508 e. The van der Waals surface area contributed by atoms with Gasteiger partial charge < -0.3 is 20.1 Å². The molecule has 1 aliphatic heterocycles. The number of nitrogens with zero attached hydrogens (tertiary/aromatic N) is 1. The van der Waals surface area contributed by atoms with Crippen LogP contribution in [0.2, 0.25) is 0 Å². The molecule has 15 heteroatoms. The van der Waals surface area contributed by atoms with Gasteiger partial charge in [0.25, 0.3) is 0 Å². The Morgan fingerprint density at radius 3 is 1.23 bits per heavy atom. The van der Waals surface area contributed by atoms with Crippen molar-refractivity contribution in [3.05, 3.63) is 130 Å². The maximum Gasteiger partial charge on any atom is 0.200 e. The fraction of sp³-hybridized carbons (Fsp3) is 0. The molecule has 8 rings (SSSR count). The highest BCUT2D eigenvalue weighted by Crippen LogP contribution is 2.41. The standard InChI is InChI=1S/C37H16F10N4O/c38-28-26(29(39)33(43)36(46)32(28)42)24-19-6-4-15(48-19)16-5-7-20(49-16)25(27-30(40)34(44)37(47)35(45)31(27)41)22-11-9-18(51-22)23(17-8-10-21(24)50-17)13-2-1-3-14(52)12-13/h1-12,48-50,52H. The van der Waals surface area contributed by atoms with Crippen molar-refractivity contribution in [2.45, 2.75) is 0 Å². The molecule has 0 atom stereocenters. The molecule has 4 N–H and O–H groups in total. The number of hydrogen-bond donors (Lipinski definition) is 4. The second-order valence-electron chi connectivity index (χ2n) is 11.6. The Kier molecular flexibility index (Phi) is 7.41. The Hall–Kier alpha value is -6.51. The molecule has 7 aromatic rings. The summed E-state index contributed by atoms with van der Waals surface area (Å²) in [5, 5.41) is 10.3. The van der Waals surface area contributed by atoms with Crippen molar-refractivity contribution in [1.29, 1.82) is 0 Å². The third kappa shape index (κ3) is 4.83. The molecular formula is C37H16F10N4O. The molecule has 4 aromatic heterocycles. The molecule has 260 valence electrons. The number of aromatic amines is 3. The first-order valence-corrected chi connectivity index (χ1v) is 15.0. The number of rotatable bonds is 3. The Morgan fingerprint density at radius 1 is 0.385 bits per heavy atom. The molecule has 8 bridgehead atoms. The van der Waals surface area contributed by atoms with Crippen LogP contribution in [0, 0.1) is 58.2 Å². The van der Waals surface area contributed by atoms with Crippen LogP contribution < -0.4 is 0 Å². The lowest BCUT2D eigenvalue weighted by Gasteiger charge is -2.10. The summed E-state index contributed by atoms with van der Waals surface area (Å²) in [6.45, 7) is 0. The molecule has 0 fully saturated rings. The van der Waals surface area contributed by atoms with Crippen molar-refractivity contribution in [3.63, 3.8) is 0 Å². The predicted octanol–water partition coefficient (Wildman–Crippen LogP) is 10.8. The van der Waals surface area contributed by atoms with E-state index in [1.165, 1.54) is 72.8 Å². The van der Waals surface area contributed by atoms with Crippen LogP contribution in [0.15, 0.2) is 60.7 Å². The lowest BCUT2D eigenvalue weighted by molar-refractivity contribution is 0.381. The van der Waals surface area contributed by atoms with Crippen molar-refractivity contribution < 1.29 is 49.0 Å². The van der Waals surface area contributed by atoms with Crippen LogP contribution >= 0.6 is 0 Å². The Bertz CT molecular complexity index is 2780. The minimum atomic E-state index is -2.37. The lowest BCUT2D eigenvalue weighted by atomic mass is 10.0. The molecule has 0 aliphatic carbocycles. The number of nitrogens with one attached hydrogen (secondary N) is 3. The van der Waals surface area contributed by atoms with Gasteiger partial charge in [-0.3, -0.25) is 0 Å².